The first-order chi connectivity index (χ1) is 14.5. The van der Waals surface area contributed by atoms with Crippen LogP contribution in [0.1, 0.15) is 10.4 Å². The Morgan fingerprint density at radius 1 is 1.00 bits per heavy atom. The molecule has 0 spiro atoms. The second-order valence-corrected chi connectivity index (χ2v) is 6.52. The summed E-state index contributed by atoms with van der Waals surface area (Å²) in [7, 11) is 1.27. The molecule has 9 heteroatoms. The zero-order valence-corrected chi connectivity index (χ0v) is 16.4. The van der Waals surface area contributed by atoms with Gasteiger partial charge in [-0.3, -0.25) is 4.79 Å². The molecule has 1 fully saturated rings. The molecule has 30 heavy (non-hydrogen) atoms. The third-order valence-electron chi connectivity index (χ3n) is 4.70. The molecule has 160 valence electrons. The molecule has 7 nitrogen and oxygen atoms in total. The number of halogens is 2. The Morgan fingerprint density at radius 3 is 2.33 bits per heavy atom. The predicted octanol–water partition coefficient (Wildman–Crippen LogP) is 2.80. The van der Waals surface area contributed by atoms with Crippen LogP contribution in [-0.2, 0) is 9.53 Å². The molecule has 2 aromatic carbocycles. The van der Waals surface area contributed by atoms with Crippen LogP contribution in [0.4, 0.5) is 14.5 Å². The van der Waals surface area contributed by atoms with E-state index in [1.54, 1.807) is 4.90 Å². The first-order valence-corrected chi connectivity index (χ1v) is 9.35. The summed E-state index contributed by atoms with van der Waals surface area (Å²) in [6.45, 7) is -0.991. The van der Waals surface area contributed by atoms with Crippen LogP contribution in [0, 0.1) is 0 Å². The SMILES string of the molecule is COc1cc(C(=O)OCC(=O)N2CCN(c3ccccc3)CC2)ccc1OC(F)F. The number of rotatable bonds is 7. The molecule has 0 aromatic heterocycles. The van der Waals surface area contributed by atoms with E-state index in [1.165, 1.54) is 25.3 Å². The number of methoxy groups -OCH3 is 1. The van der Waals surface area contributed by atoms with Gasteiger partial charge in [0.25, 0.3) is 5.91 Å². The zero-order valence-electron chi connectivity index (χ0n) is 16.4. The number of anilines is 1. The van der Waals surface area contributed by atoms with Crippen LogP contribution in [0.3, 0.4) is 0 Å². The van der Waals surface area contributed by atoms with Crippen LogP contribution < -0.4 is 14.4 Å². The number of carbonyl (C=O) groups excluding carboxylic acids is 2. The fourth-order valence-electron chi connectivity index (χ4n) is 3.14. The molecule has 0 saturated carbocycles. The molecular weight excluding hydrogens is 398 g/mol. The molecular formula is C21H22F2N2O5. The largest absolute Gasteiger partial charge is 0.493 e. The first-order valence-electron chi connectivity index (χ1n) is 9.35. The van der Waals surface area contributed by atoms with E-state index in [4.69, 9.17) is 9.47 Å². The summed E-state index contributed by atoms with van der Waals surface area (Å²) >= 11 is 0. The van der Waals surface area contributed by atoms with Gasteiger partial charge >= 0.3 is 12.6 Å². The van der Waals surface area contributed by atoms with Crippen molar-refractivity contribution in [3.8, 4) is 11.5 Å². The van der Waals surface area contributed by atoms with Crippen molar-refractivity contribution in [1.82, 2.24) is 4.90 Å². The van der Waals surface area contributed by atoms with E-state index >= 15 is 0 Å². The predicted molar refractivity (Wildman–Crippen MR) is 105 cm³/mol. The van der Waals surface area contributed by atoms with Gasteiger partial charge in [-0.1, -0.05) is 18.2 Å². The molecule has 1 aliphatic rings. The zero-order chi connectivity index (χ0) is 21.5. The first kappa shape index (κ1) is 21.4. The van der Waals surface area contributed by atoms with Crippen LogP contribution in [0.15, 0.2) is 48.5 Å². The Labute approximate surface area is 172 Å². The van der Waals surface area contributed by atoms with Crippen molar-refractivity contribution in [2.45, 2.75) is 6.61 Å². The minimum atomic E-state index is -3.02. The van der Waals surface area contributed by atoms with Gasteiger partial charge in [-0.05, 0) is 30.3 Å². The molecule has 0 N–H and O–H groups in total. The Morgan fingerprint density at radius 2 is 1.70 bits per heavy atom. The van der Waals surface area contributed by atoms with Gasteiger partial charge in [-0.15, -0.1) is 0 Å². The summed E-state index contributed by atoms with van der Waals surface area (Å²) in [6, 6.07) is 13.6. The summed E-state index contributed by atoms with van der Waals surface area (Å²) in [5.74, 6) is -1.28. The smallest absolute Gasteiger partial charge is 0.387 e. The van der Waals surface area contributed by atoms with Crippen LogP contribution >= 0.6 is 0 Å². The maximum Gasteiger partial charge on any atom is 0.387 e. The van der Waals surface area contributed by atoms with Gasteiger partial charge in [0.15, 0.2) is 18.1 Å². The molecule has 3 rings (SSSR count). The summed E-state index contributed by atoms with van der Waals surface area (Å²) in [6.07, 6.45) is 0. The second kappa shape index (κ2) is 9.91. The van der Waals surface area contributed by atoms with Crippen LogP contribution in [-0.4, -0.2) is 63.3 Å². The summed E-state index contributed by atoms with van der Waals surface area (Å²) < 4.78 is 39.1. The molecule has 1 heterocycles. The van der Waals surface area contributed by atoms with E-state index < -0.39 is 19.2 Å². The fraction of sp³-hybridized carbons (Fsp3) is 0.333. The van der Waals surface area contributed by atoms with Crippen molar-refractivity contribution in [2.24, 2.45) is 0 Å². The third kappa shape index (κ3) is 5.37. The van der Waals surface area contributed by atoms with Gasteiger partial charge in [0, 0.05) is 31.9 Å². The lowest BCUT2D eigenvalue weighted by molar-refractivity contribution is -0.134. The van der Waals surface area contributed by atoms with Crippen LogP contribution in [0.2, 0.25) is 0 Å². The van der Waals surface area contributed by atoms with Crippen LogP contribution in [0.5, 0.6) is 11.5 Å². The minimum absolute atomic E-state index is 0.0342. The number of piperazine rings is 1. The van der Waals surface area contributed by atoms with Gasteiger partial charge in [-0.2, -0.15) is 8.78 Å². The highest BCUT2D eigenvalue weighted by Gasteiger charge is 2.23. The number of amides is 1. The average molecular weight is 420 g/mol. The number of esters is 1. The van der Waals surface area contributed by atoms with Crippen LogP contribution in [0.25, 0.3) is 0 Å². The van der Waals surface area contributed by atoms with Gasteiger partial charge in [-0.25, -0.2) is 4.79 Å². The van der Waals surface area contributed by atoms with Gasteiger partial charge in [0.1, 0.15) is 0 Å². The molecule has 1 aliphatic heterocycles. The number of carbonyl (C=O) groups is 2. The highest BCUT2D eigenvalue weighted by atomic mass is 19.3. The second-order valence-electron chi connectivity index (χ2n) is 6.52. The quantitative estimate of drug-likeness (QED) is 0.642. The fourth-order valence-corrected chi connectivity index (χ4v) is 3.14. The summed E-state index contributed by atoms with van der Waals surface area (Å²) in [5.41, 5.74) is 1.17. The van der Waals surface area contributed by atoms with E-state index in [0.29, 0.717) is 26.2 Å². The molecule has 2 aromatic rings. The van der Waals surface area contributed by atoms with Crippen molar-refractivity contribution in [2.75, 3.05) is 44.8 Å². The maximum absolute atomic E-state index is 12.4. The average Bonchev–Trinajstić information content (AvgIpc) is 2.77. The van der Waals surface area contributed by atoms with Crippen molar-refractivity contribution in [3.05, 3.63) is 54.1 Å². The topological polar surface area (TPSA) is 68.3 Å². The Balaban J connectivity index is 1.50. The molecule has 1 amide bonds. The standard InChI is InChI=1S/C21H22F2N2O5/c1-28-18-13-15(7-8-17(18)30-21(22)23)20(27)29-14-19(26)25-11-9-24(10-12-25)16-5-3-2-4-6-16/h2-8,13,21H,9-12,14H2,1H3. The number of alkyl halides is 2. The summed E-state index contributed by atoms with van der Waals surface area (Å²) in [5, 5.41) is 0. The maximum atomic E-state index is 12.4. The lowest BCUT2D eigenvalue weighted by atomic mass is 10.2. The molecule has 0 aliphatic carbocycles. The molecule has 0 atom stereocenters. The lowest BCUT2D eigenvalue weighted by Gasteiger charge is -2.36. The number of benzene rings is 2. The van der Waals surface area contributed by atoms with Crippen molar-refractivity contribution in [1.29, 1.82) is 0 Å². The minimum Gasteiger partial charge on any atom is -0.493 e. The number of nitrogens with zero attached hydrogens (tertiary/aromatic N) is 2. The highest BCUT2D eigenvalue weighted by molar-refractivity contribution is 5.92. The number of ether oxygens (including phenoxy) is 3. The van der Waals surface area contributed by atoms with E-state index in [-0.39, 0.29) is 23.0 Å². The number of para-hydroxylation sites is 1. The highest BCUT2D eigenvalue weighted by Crippen LogP contribution is 2.29. The number of hydrogen-bond acceptors (Lipinski definition) is 6. The van der Waals surface area contributed by atoms with E-state index in [9.17, 15) is 18.4 Å². The van der Waals surface area contributed by atoms with Crippen molar-refractivity contribution in [3.63, 3.8) is 0 Å². The van der Waals surface area contributed by atoms with E-state index in [1.807, 2.05) is 30.3 Å². The Bertz CT molecular complexity index is 871. The molecule has 1 saturated heterocycles. The lowest BCUT2D eigenvalue weighted by Crippen LogP contribution is -2.49. The summed E-state index contributed by atoms with van der Waals surface area (Å²) in [4.78, 5) is 28.4. The monoisotopic (exact) mass is 420 g/mol. The molecule has 0 bridgehead atoms. The van der Waals surface area contributed by atoms with E-state index in [2.05, 4.69) is 9.64 Å². The third-order valence-corrected chi connectivity index (χ3v) is 4.70. The molecule has 0 unspecified atom stereocenters. The van der Waals surface area contributed by atoms with E-state index in [0.717, 1.165) is 5.69 Å². The van der Waals surface area contributed by atoms with Gasteiger partial charge in [0.2, 0.25) is 0 Å². The van der Waals surface area contributed by atoms with Crippen molar-refractivity contribution >= 4 is 17.6 Å². The number of hydrogen-bond donors (Lipinski definition) is 0. The van der Waals surface area contributed by atoms with Gasteiger partial charge in [0.05, 0.1) is 12.7 Å². The molecule has 0 radical (unpaired) electrons. The normalized spacial score (nSPS) is 13.9. The van der Waals surface area contributed by atoms with Gasteiger partial charge < -0.3 is 24.0 Å². The Kier molecular flexibility index (Phi) is 7.05. The van der Waals surface area contributed by atoms with Crippen molar-refractivity contribution < 1.29 is 32.6 Å². The Hall–Kier alpha value is -3.36.